The number of methoxy groups -OCH3 is 1. The maximum atomic E-state index is 13.1. The van der Waals surface area contributed by atoms with E-state index in [1.54, 1.807) is 7.11 Å². The second-order valence-corrected chi connectivity index (χ2v) is 9.24. The van der Waals surface area contributed by atoms with E-state index in [4.69, 9.17) is 4.74 Å². The summed E-state index contributed by atoms with van der Waals surface area (Å²) in [6, 6.07) is 16.4. The summed E-state index contributed by atoms with van der Waals surface area (Å²) in [5, 5.41) is 0. The minimum Gasteiger partial charge on any atom is -0.497 e. The second-order valence-electron chi connectivity index (χ2n) is 9.24. The molecule has 5 rings (SSSR count). The van der Waals surface area contributed by atoms with E-state index in [9.17, 15) is 4.79 Å². The minimum absolute atomic E-state index is 0.0169. The summed E-state index contributed by atoms with van der Waals surface area (Å²) >= 11 is 0. The average molecular weight is 403 g/mol. The molecule has 0 aliphatic heterocycles. The zero-order valence-electron chi connectivity index (χ0n) is 17.8. The van der Waals surface area contributed by atoms with E-state index in [0.717, 1.165) is 42.7 Å². The molecule has 3 aliphatic rings. The molecule has 156 valence electrons. The van der Waals surface area contributed by atoms with Gasteiger partial charge in [0.1, 0.15) is 5.75 Å². The number of hydrogen-bond acceptors (Lipinski definition) is 3. The summed E-state index contributed by atoms with van der Waals surface area (Å²) < 4.78 is 5.44. The highest BCUT2D eigenvalue weighted by Crippen LogP contribution is 2.61. The van der Waals surface area contributed by atoms with Crippen molar-refractivity contribution in [1.29, 1.82) is 0 Å². The van der Waals surface area contributed by atoms with Crippen LogP contribution in [0.25, 0.3) is 0 Å². The molecule has 2 N–H and O–H groups in total. The van der Waals surface area contributed by atoms with Crippen LogP contribution in [0.3, 0.4) is 0 Å². The summed E-state index contributed by atoms with van der Waals surface area (Å²) in [5.41, 5.74) is 10.8. The first kappa shape index (κ1) is 19.2. The number of benzene rings is 2. The Hall–Kier alpha value is -2.75. The number of aryl methyl sites for hydroxylation is 1. The van der Waals surface area contributed by atoms with Gasteiger partial charge in [0, 0.05) is 11.0 Å². The highest BCUT2D eigenvalue weighted by molar-refractivity contribution is 5.96. The van der Waals surface area contributed by atoms with Crippen LogP contribution in [0.2, 0.25) is 0 Å². The molecular formula is C26H30N2O2. The van der Waals surface area contributed by atoms with Gasteiger partial charge in [-0.15, -0.1) is 0 Å². The van der Waals surface area contributed by atoms with Crippen LogP contribution < -0.4 is 15.6 Å². The van der Waals surface area contributed by atoms with Gasteiger partial charge in [0.2, 0.25) is 0 Å². The second kappa shape index (κ2) is 7.50. The Balaban J connectivity index is 1.32. The molecule has 2 aromatic rings. The topological polar surface area (TPSA) is 50.4 Å². The lowest BCUT2D eigenvalue weighted by Crippen LogP contribution is -2.44. The first-order chi connectivity index (χ1) is 14.6. The van der Waals surface area contributed by atoms with Crippen molar-refractivity contribution in [3.05, 3.63) is 71.3 Å². The van der Waals surface area contributed by atoms with E-state index in [-0.39, 0.29) is 11.3 Å². The van der Waals surface area contributed by atoms with E-state index in [1.807, 2.05) is 30.3 Å². The van der Waals surface area contributed by atoms with Gasteiger partial charge in [-0.1, -0.05) is 37.3 Å². The normalized spacial score (nSPS) is 29.1. The van der Waals surface area contributed by atoms with Crippen LogP contribution >= 0.6 is 0 Å². The molecule has 4 nitrogen and oxygen atoms in total. The van der Waals surface area contributed by atoms with Gasteiger partial charge in [0.25, 0.3) is 5.91 Å². The van der Waals surface area contributed by atoms with Gasteiger partial charge in [-0.05, 0) is 85.3 Å². The fourth-order valence-electron chi connectivity index (χ4n) is 6.32. The summed E-state index contributed by atoms with van der Waals surface area (Å²) in [7, 11) is 1.74. The number of hydrazine groups is 1. The maximum Gasteiger partial charge on any atom is 0.265 e. The van der Waals surface area contributed by atoms with Crippen molar-refractivity contribution in [1.82, 2.24) is 5.43 Å². The minimum atomic E-state index is -0.0341. The Kier molecular flexibility index (Phi) is 4.80. The lowest BCUT2D eigenvalue weighted by molar-refractivity contribution is -0.118. The summed E-state index contributed by atoms with van der Waals surface area (Å²) in [6.45, 7) is 2.32. The number of para-hydroxylation sites is 1. The largest absolute Gasteiger partial charge is 0.497 e. The number of allylic oxidation sites excluding steroid dienone is 1. The van der Waals surface area contributed by atoms with Crippen molar-refractivity contribution >= 4 is 11.6 Å². The first-order valence-electron chi connectivity index (χ1n) is 11.1. The number of amides is 1. The Morgan fingerprint density at radius 3 is 2.77 bits per heavy atom. The molecule has 0 aromatic heterocycles. The number of nitrogens with one attached hydrogen (secondary N) is 2. The lowest BCUT2D eigenvalue weighted by atomic mass is 9.54. The summed E-state index contributed by atoms with van der Waals surface area (Å²) in [6.07, 6.45) is 7.74. The number of rotatable bonds is 4. The van der Waals surface area contributed by atoms with Gasteiger partial charge in [0.05, 0.1) is 12.8 Å². The van der Waals surface area contributed by atoms with E-state index >= 15 is 0 Å². The zero-order valence-corrected chi connectivity index (χ0v) is 17.8. The van der Waals surface area contributed by atoms with E-state index in [1.165, 1.54) is 17.5 Å². The number of hydrogen-bond donors (Lipinski definition) is 2. The number of fused-ring (bicyclic) bond motifs is 5. The molecule has 1 amide bonds. The predicted molar refractivity (Wildman–Crippen MR) is 119 cm³/mol. The Morgan fingerprint density at radius 2 is 1.97 bits per heavy atom. The maximum absolute atomic E-state index is 13.1. The highest BCUT2D eigenvalue weighted by atomic mass is 16.5. The summed E-state index contributed by atoms with van der Waals surface area (Å²) in [4.78, 5) is 13.1. The summed E-state index contributed by atoms with van der Waals surface area (Å²) in [5.74, 6) is 2.77. The van der Waals surface area contributed by atoms with Crippen molar-refractivity contribution in [3.8, 4) is 5.75 Å². The van der Waals surface area contributed by atoms with Gasteiger partial charge in [-0.3, -0.25) is 15.6 Å². The Morgan fingerprint density at radius 1 is 1.13 bits per heavy atom. The molecule has 2 aromatic carbocycles. The van der Waals surface area contributed by atoms with Gasteiger partial charge in [-0.2, -0.15) is 0 Å². The highest BCUT2D eigenvalue weighted by Gasteiger charge is 2.53. The van der Waals surface area contributed by atoms with Crippen molar-refractivity contribution in [3.63, 3.8) is 0 Å². The van der Waals surface area contributed by atoms with E-state index < -0.39 is 0 Å². The van der Waals surface area contributed by atoms with Crippen LogP contribution in [0.1, 0.15) is 49.7 Å². The van der Waals surface area contributed by atoms with E-state index in [2.05, 4.69) is 42.1 Å². The Labute approximate surface area is 178 Å². The molecular weight excluding hydrogens is 372 g/mol. The average Bonchev–Trinajstić information content (AvgIpc) is 3.15. The van der Waals surface area contributed by atoms with Gasteiger partial charge in [0.15, 0.2) is 0 Å². The number of ether oxygens (including phenoxy) is 1. The smallest absolute Gasteiger partial charge is 0.265 e. The van der Waals surface area contributed by atoms with Crippen molar-refractivity contribution in [2.45, 2.75) is 44.9 Å². The van der Waals surface area contributed by atoms with Crippen LogP contribution in [0.5, 0.6) is 5.75 Å². The molecule has 0 radical (unpaired) electrons. The SMILES string of the molecule is COc1ccc2c(c1)CC[C@@H]1[C@@H]2CC[C@]2(C)C(C(=O)NNc3ccccc3)=CC[C@@H]12. The van der Waals surface area contributed by atoms with Crippen molar-refractivity contribution in [2.24, 2.45) is 17.3 Å². The van der Waals surface area contributed by atoms with Crippen LogP contribution in [0.4, 0.5) is 5.69 Å². The zero-order chi connectivity index (χ0) is 20.7. The van der Waals surface area contributed by atoms with Crippen LogP contribution in [-0.4, -0.2) is 13.0 Å². The molecule has 30 heavy (non-hydrogen) atoms. The van der Waals surface area contributed by atoms with Gasteiger partial charge in [-0.25, -0.2) is 0 Å². The quantitative estimate of drug-likeness (QED) is 0.689. The first-order valence-corrected chi connectivity index (χ1v) is 11.1. The number of carbonyl (C=O) groups excluding carboxylic acids is 1. The standard InChI is InChI=1S/C26H30N2O2/c1-26-15-14-21-20-11-9-19(30-2)16-17(20)8-10-22(21)23(26)12-13-24(26)25(29)28-27-18-6-4-3-5-7-18/h3-7,9,11,13,16,21-23,27H,8,10,12,14-15H2,1-2H3,(H,28,29)/t21-,22-,23+,26+/m1/s1. The monoisotopic (exact) mass is 402 g/mol. The molecule has 0 spiro atoms. The van der Waals surface area contributed by atoms with E-state index in [0.29, 0.717) is 17.8 Å². The molecule has 3 aliphatic carbocycles. The van der Waals surface area contributed by atoms with Gasteiger partial charge >= 0.3 is 0 Å². The number of anilines is 1. The molecule has 0 saturated heterocycles. The molecule has 1 fully saturated rings. The van der Waals surface area contributed by atoms with Crippen molar-refractivity contribution in [2.75, 3.05) is 12.5 Å². The number of carbonyl (C=O) groups is 1. The van der Waals surface area contributed by atoms with Crippen LogP contribution in [0, 0.1) is 17.3 Å². The third kappa shape index (κ3) is 3.10. The molecule has 1 saturated carbocycles. The molecule has 0 unspecified atom stereocenters. The van der Waals surface area contributed by atoms with Gasteiger partial charge < -0.3 is 4.74 Å². The van der Waals surface area contributed by atoms with Crippen molar-refractivity contribution < 1.29 is 9.53 Å². The Bertz CT molecular complexity index is 984. The molecule has 4 atom stereocenters. The fourth-order valence-corrected chi connectivity index (χ4v) is 6.32. The fraction of sp³-hybridized carbons (Fsp3) is 0.423. The third-order valence-corrected chi connectivity index (χ3v) is 7.85. The molecule has 4 heteroatoms. The molecule has 0 heterocycles. The molecule has 0 bridgehead atoms. The van der Waals surface area contributed by atoms with Crippen LogP contribution in [-0.2, 0) is 11.2 Å². The lowest BCUT2D eigenvalue weighted by Gasteiger charge is -2.50. The third-order valence-electron chi connectivity index (χ3n) is 7.85. The predicted octanol–water partition coefficient (Wildman–Crippen LogP) is 5.23. The van der Waals surface area contributed by atoms with Crippen LogP contribution in [0.15, 0.2) is 60.2 Å².